The minimum Gasteiger partial charge on any atom is -0.322 e. The van der Waals surface area contributed by atoms with Crippen molar-refractivity contribution in [1.82, 2.24) is 15.8 Å². The van der Waals surface area contributed by atoms with Crippen LogP contribution in [0, 0.1) is 0 Å². The van der Waals surface area contributed by atoms with Gasteiger partial charge >= 0.3 is 6.03 Å². The first-order valence-electron chi connectivity index (χ1n) is 7.82. The van der Waals surface area contributed by atoms with Gasteiger partial charge in [-0.2, -0.15) is 5.01 Å². The van der Waals surface area contributed by atoms with E-state index in [1.165, 1.54) is 0 Å². The zero-order chi connectivity index (χ0) is 17.3. The number of urea groups is 1. The maximum atomic E-state index is 12.6. The van der Waals surface area contributed by atoms with Gasteiger partial charge in [-0.05, 0) is 30.5 Å². The van der Waals surface area contributed by atoms with Gasteiger partial charge in [0.05, 0.1) is 6.42 Å². The molecule has 2 N–H and O–H groups in total. The number of rotatable bonds is 3. The molecule has 3 rings (SSSR count). The van der Waals surface area contributed by atoms with Gasteiger partial charge in [-0.15, -0.1) is 0 Å². The van der Waals surface area contributed by atoms with Crippen molar-refractivity contribution in [3.05, 3.63) is 33.8 Å². The zero-order valence-electron chi connectivity index (χ0n) is 12.9. The third-order valence-corrected chi connectivity index (χ3v) is 5.21. The lowest BCUT2D eigenvalue weighted by molar-refractivity contribution is -0.139. The molecule has 2 aliphatic rings. The van der Waals surface area contributed by atoms with Crippen molar-refractivity contribution in [2.75, 3.05) is 0 Å². The lowest BCUT2D eigenvalue weighted by atomic mass is 9.82. The van der Waals surface area contributed by atoms with Crippen LogP contribution in [0.25, 0.3) is 0 Å². The van der Waals surface area contributed by atoms with E-state index < -0.39 is 23.4 Å². The number of hydrazine groups is 1. The van der Waals surface area contributed by atoms with E-state index in [-0.39, 0.29) is 6.42 Å². The van der Waals surface area contributed by atoms with Crippen LogP contribution in [0.1, 0.15) is 37.7 Å². The standard InChI is InChI=1S/C16H17Cl2N3O3/c17-11-5-4-6-12(18)10(11)9-13(22)20-21-14(23)16(19-15(21)24)7-2-1-3-8-16/h4-6H,1-3,7-9H2,(H,19,24)(H,20,22). The number of carbonyl (C=O) groups excluding carboxylic acids is 3. The number of nitrogens with zero attached hydrogens (tertiary/aromatic N) is 1. The summed E-state index contributed by atoms with van der Waals surface area (Å²) < 4.78 is 0. The van der Waals surface area contributed by atoms with Crippen molar-refractivity contribution in [1.29, 1.82) is 0 Å². The van der Waals surface area contributed by atoms with E-state index in [1.807, 2.05) is 0 Å². The summed E-state index contributed by atoms with van der Waals surface area (Å²) in [6, 6.07) is 4.33. The second-order valence-electron chi connectivity index (χ2n) is 6.13. The molecule has 0 unspecified atom stereocenters. The Bertz CT molecular complexity index is 682. The number of nitrogens with one attached hydrogen (secondary N) is 2. The topological polar surface area (TPSA) is 78.5 Å². The molecule has 1 aliphatic heterocycles. The van der Waals surface area contributed by atoms with E-state index >= 15 is 0 Å². The van der Waals surface area contributed by atoms with Crippen molar-refractivity contribution >= 4 is 41.0 Å². The molecule has 1 aliphatic carbocycles. The molecule has 24 heavy (non-hydrogen) atoms. The third kappa shape index (κ3) is 3.08. The fraction of sp³-hybridized carbons (Fsp3) is 0.438. The van der Waals surface area contributed by atoms with Crippen LogP contribution in [0.3, 0.4) is 0 Å². The third-order valence-electron chi connectivity index (χ3n) is 4.50. The molecular formula is C16H17Cl2N3O3. The maximum absolute atomic E-state index is 12.6. The van der Waals surface area contributed by atoms with E-state index in [1.54, 1.807) is 18.2 Å². The summed E-state index contributed by atoms with van der Waals surface area (Å²) in [6.45, 7) is 0. The van der Waals surface area contributed by atoms with E-state index in [2.05, 4.69) is 10.7 Å². The highest BCUT2D eigenvalue weighted by molar-refractivity contribution is 6.36. The molecular weight excluding hydrogens is 353 g/mol. The molecule has 0 aromatic heterocycles. The first kappa shape index (κ1) is 17.0. The summed E-state index contributed by atoms with van der Waals surface area (Å²) in [7, 11) is 0. The Morgan fingerprint density at radius 1 is 1.17 bits per heavy atom. The summed E-state index contributed by atoms with van der Waals surface area (Å²) in [5, 5.41) is 4.23. The first-order chi connectivity index (χ1) is 11.4. The Kier molecular flexibility index (Phi) is 4.69. The molecule has 128 valence electrons. The van der Waals surface area contributed by atoms with Crippen LogP contribution in [0.4, 0.5) is 4.79 Å². The maximum Gasteiger partial charge on any atom is 0.344 e. The molecule has 4 amide bonds. The highest BCUT2D eigenvalue weighted by Crippen LogP contribution is 2.33. The van der Waals surface area contributed by atoms with Gasteiger partial charge in [0.15, 0.2) is 0 Å². The second-order valence-corrected chi connectivity index (χ2v) is 6.94. The highest BCUT2D eigenvalue weighted by Gasteiger charge is 2.52. The monoisotopic (exact) mass is 369 g/mol. The Balaban J connectivity index is 1.70. The Hall–Kier alpha value is -1.79. The molecule has 1 aromatic carbocycles. The minimum atomic E-state index is -0.870. The normalized spacial score (nSPS) is 19.5. The summed E-state index contributed by atoms with van der Waals surface area (Å²) in [6.07, 6.45) is 3.87. The van der Waals surface area contributed by atoms with E-state index in [0.29, 0.717) is 28.5 Å². The number of benzene rings is 1. The molecule has 0 bridgehead atoms. The summed E-state index contributed by atoms with van der Waals surface area (Å²) in [5.74, 6) is -0.924. The molecule has 0 radical (unpaired) electrons. The van der Waals surface area contributed by atoms with Gasteiger partial charge in [-0.3, -0.25) is 15.0 Å². The number of hydrogen-bond acceptors (Lipinski definition) is 3. The number of hydrogen-bond donors (Lipinski definition) is 2. The lowest BCUT2D eigenvalue weighted by Gasteiger charge is -2.30. The van der Waals surface area contributed by atoms with Crippen LogP contribution in [-0.4, -0.2) is 28.4 Å². The van der Waals surface area contributed by atoms with Gasteiger partial charge in [0.25, 0.3) is 5.91 Å². The van der Waals surface area contributed by atoms with Crippen LogP contribution < -0.4 is 10.7 Å². The van der Waals surface area contributed by atoms with Crippen molar-refractivity contribution < 1.29 is 14.4 Å². The Morgan fingerprint density at radius 2 is 1.79 bits per heavy atom. The predicted octanol–water partition coefficient (Wildman–Crippen LogP) is 2.82. The average molecular weight is 370 g/mol. The van der Waals surface area contributed by atoms with Crippen molar-refractivity contribution in [3.8, 4) is 0 Å². The van der Waals surface area contributed by atoms with Gasteiger partial charge in [0.2, 0.25) is 5.91 Å². The quantitative estimate of drug-likeness (QED) is 0.804. The molecule has 1 saturated heterocycles. The van der Waals surface area contributed by atoms with Gasteiger partial charge in [0.1, 0.15) is 5.54 Å². The van der Waals surface area contributed by atoms with Crippen LogP contribution in [0.2, 0.25) is 10.0 Å². The van der Waals surface area contributed by atoms with Crippen molar-refractivity contribution in [2.45, 2.75) is 44.1 Å². The molecule has 0 atom stereocenters. The minimum absolute atomic E-state index is 0.122. The van der Waals surface area contributed by atoms with E-state index in [0.717, 1.165) is 24.3 Å². The zero-order valence-corrected chi connectivity index (χ0v) is 14.4. The van der Waals surface area contributed by atoms with Crippen LogP contribution in [-0.2, 0) is 16.0 Å². The Morgan fingerprint density at radius 3 is 2.42 bits per heavy atom. The van der Waals surface area contributed by atoms with Gasteiger partial charge in [-0.1, -0.05) is 48.5 Å². The number of amides is 4. The van der Waals surface area contributed by atoms with Crippen LogP contribution >= 0.6 is 23.2 Å². The fourth-order valence-corrected chi connectivity index (χ4v) is 3.77. The van der Waals surface area contributed by atoms with Crippen molar-refractivity contribution in [3.63, 3.8) is 0 Å². The molecule has 2 fully saturated rings. The van der Waals surface area contributed by atoms with E-state index in [4.69, 9.17) is 23.2 Å². The number of imide groups is 1. The van der Waals surface area contributed by atoms with E-state index in [9.17, 15) is 14.4 Å². The predicted molar refractivity (Wildman–Crippen MR) is 89.5 cm³/mol. The molecule has 1 saturated carbocycles. The van der Waals surface area contributed by atoms with Gasteiger partial charge < -0.3 is 5.32 Å². The smallest absolute Gasteiger partial charge is 0.322 e. The molecule has 8 heteroatoms. The summed E-state index contributed by atoms with van der Waals surface area (Å²) >= 11 is 12.1. The van der Waals surface area contributed by atoms with Gasteiger partial charge in [0, 0.05) is 10.0 Å². The summed E-state index contributed by atoms with van der Waals surface area (Å²) in [5.41, 5.74) is 1.95. The van der Waals surface area contributed by atoms with Crippen molar-refractivity contribution in [2.24, 2.45) is 0 Å². The second kappa shape index (κ2) is 6.61. The lowest BCUT2D eigenvalue weighted by Crippen LogP contribution is -2.51. The largest absolute Gasteiger partial charge is 0.344 e. The molecule has 1 aromatic rings. The highest BCUT2D eigenvalue weighted by atomic mass is 35.5. The number of carbonyl (C=O) groups is 3. The SMILES string of the molecule is O=C(Cc1c(Cl)cccc1Cl)NN1C(=O)NC2(CCCCC2)C1=O. The Labute approximate surface area is 149 Å². The van der Waals surface area contributed by atoms with Crippen LogP contribution in [0.15, 0.2) is 18.2 Å². The van der Waals surface area contributed by atoms with Crippen LogP contribution in [0.5, 0.6) is 0 Å². The average Bonchev–Trinajstić information content (AvgIpc) is 2.76. The van der Waals surface area contributed by atoms with Gasteiger partial charge in [-0.25, -0.2) is 4.79 Å². The molecule has 1 heterocycles. The number of halogens is 2. The fourth-order valence-electron chi connectivity index (χ4n) is 3.24. The summed E-state index contributed by atoms with van der Waals surface area (Å²) in [4.78, 5) is 36.9. The first-order valence-corrected chi connectivity index (χ1v) is 8.58. The molecule has 6 nitrogen and oxygen atoms in total. The molecule has 1 spiro atoms.